The van der Waals surface area contributed by atoms with Gasteiger partial charge in [-0.1, -0.05) is 17.7 Å². The standard InChI is InChI=1S/C19H26O2/c1-12-3-4-18(21-2)15(5-12)11-19(20)16-7-13-6-14(9-16)10-17(19)8-13/h3-5,13-14,16-17,20H,6-11H2,1-2H3. The van der Waals surface area contributed by atoms with Gasteiger partial charge in [-0.3, -0.25) is 0 Å². The van der Waals surface area contributed by atoms with E-state index in [2.05, 4.69) is 19.1 Å². The molecule has 2 nitrogen and oxygen atoms in total. The second-order valence-electron chi connectivity index (χ2n) is 7.79. The third-order valence-electron chi connectivity index (χ3n) is 6.46. The summed E-state index contributed by atoms with van der Waals surface area (Å²) in [6, 6.07) is 6.33. The summed E-state index contributed by atoms with van der Waals surface area (Å²) < 4.78 is 5.53. The van der Waals surface area contributed by atoms with Crippen LogP contribution in [0.3, 0.4) is 0 Å². The lowest BCUT2D eigenvalue weighted by atomic mass is 9.49. The Morgan fingerprint density at radius 1 is 1.10 bits per heavy atom. The predicted octanol–water partition coefficient (Wildman–Crippen LogP) is 3.73. The first kappa shape index (κ1) is 13.6. The lowest BCUT2D eigenvalue weighted by Crippen LogP contribution is -2.58. The Labute approximate surface area is 127 Å². The van der Waals surface area contributed by atoms with Crippen molar-refractivity contribution in [3.63, 3.8) is 0 Å². The molecule has 0 spiro atoms. The summed E-state index contributed by atoms with van der Waals surface area (Å²) >= 11 is 0. The maximum atomic E-state index is 11.5. The lowest BCUT2D eigenvalue weighted by Gasteiger charge is -2.59. The third-order valence-corrected chi connectivity index (χ3v) is 6.46. The third kappa shape index (κ3) is 2.11. The van der Waals surface area contributed by atoms with Gasteiger partial charge < -0.3 is 9.84 Å². The summed E-state index contributed by atoms with van der Waals surface area (Å²) in [6.07, 6.45) is 7.19. The summed E-state index contributed by atoms with van der Waals surface area (Å²) in [4.78, 5) is 0. The Morgan fingerprint density at radius 3 is 2.29 bits per heavy atom. The Morgan fingerprint density at radius 2 is 1.71 bits per heavy atom. The topological polar surface area (TPSA) is 29.5 Å². The molecule has 5 rings (SSSR count). The molecule has 0 unspecified atom stereocenters. The van der Waals surface area contributed by atoms with E-state index in [1.165, 1.54) is 43.2 Å². The van der Waals surface area contributed by atoms with Gasteiger partial charge in [-0.15, -0.1) is 0 Å². The highest BCUT2D eigenvalue weighted by Gasteiger charge is 2.56. The number of aryl methyl sites for hydroxylation is 1. The van der Waals surface area contributed by atoms with Crippen molar-refractivity contribution in [2.75, 3.05) is 7.11 Å². The van der Waals surface area contributed by atoms with E-state index in [1.54, 1.807) is 7.11 Å². The molecular weight excluding hydrogens is 260 g/mol. The van der Waals surface area contributed by atoms with Crippen LogP contribution in [-0.2, 0) is 6.42 Å². The zero-order chi connectivity index (χ0) is 14.6. The molecule has 4 aliphatic rings. The van der Waals surface area contributed by atoms with Gasteiger partial charge in [-0.2, -0.15) is 0 Å². The largest absolute Gasteiger partial charge is 0.496 e. The fourth-order valence-corrected chi connectivity index (χ4v) is 5.64. The Balaban J connectivity index is 1.66. The van der Waals surface area contributed by atoms with Crippen molar-refractivity contribution in [3.05, 3.63) is 29.3 Å². The molecule has 4 fully saturated rings. The second-order valence-corrected chi connectivity index (χ2v) is 7.79. The van der Waals surface area contributed by atoms with E-state index in [-0.39, 0.29) is 0 Å². The number of ether oxygens (including phenoxy) is 1. The van der Waals surface area contributed by atoms with E-state index in [1.807, 2.05) is 6.07 Å². The van der Waals surface area contributed by atoms with Crippen LogP contribution in [0.5, 0.6) is 5.75 Å². The SMILES string of the molecule is COc1ccc(C)cc1CC1(O)C2CC3CC(C2)CC1C3. The molecule has 0 atom stereocenters. The van der Waals surface area contributed by atoms with Crippen molar-refractivity contribution in [2.45, 2.75) is 51.0 Å². The second kappa shape index (κ2) is 4.74. The van der Waals surface area contributed by atoms with E-state index in [4.69, 9.17) is 4.74 Å². The van der Waals surface area contributed by atoms with Crippen molar-refractivity contribution in [1.82, 2.24) is 0 Å². The predicted molar refractivity (Wildman–Crippen MR) is 83.4 cm³/mol. The van der Waals surface area contributed by atoms with Crippen LogP contribution in [0.25, 0.3) is 0 Å². The van der Waals surface area contributed by atoms with Gasteiger partial charge in [-0.05, 0) is 74.3 Å². The van der Waals surface area contributed by atoms with Gasteiger partial charge in [0, 0.05) is 6.42 Å². The van der Waals surface area contributed by atoms with Gasteiger partial charge in [-0.25, -0.2) is 0 Å². The highest BCUT2D eigenvalue weighted by atomic mass is 16.5. The van der Waals surface area contributed by atoms with Gasteiger partial charge >= 0.3 is 0 Å². The van der Waals surface area contributed by atoms with E-state index < -0.39 is 5.60 Å². The Kier molecular flexibility index (Phi) is 3.08. The Hall–Kier alpha value is -1.02. The number of aliphatic hydroxyl groups is 1. The number of hydrogen-bond acceptors (Lipinski definition) is 2. The summed E-state index contributed by atoms with van der Waals surface area (Å²) in [6.45, 7) is 2.11. The molecule has 1 N–H and O–H groups in total. The first-order valence-electron chi connectivity index (χ1n) is 8.44. The van der Waals surface area contributed by atoms with Gasteiger partial charge in [0.15, 0.2) is 0 Å². The highest BCUT2D eigenvalue weighted by Crippen LogP contribution is 2.59. The molecule has 0 aromatic heterocycles. The summed E-state index contributed by atoms with van der Waals surface area (Å²) in [5.41, 5.74) is 1.94. The fourth-order valence-electron chi connectivity index (χ4n) is 5.64. The van der Waals surface area contributed by atoms with E-state index in [0.29, 0.717) is 11.8 Å². The van der Waals surface area contributed by atoms with Crippen LogP contribution in [0, 0.1) is 30.6 Å². The highest BCUT2D eigenvalue weighted by molar-refractivity contribution is 5.38. The molecule has 0 radical (unpaired) electrons. The minimum atomic E-state index is -0.492. The van der Waals surface area contributed by atoms with Crippen molar-refractivity contribution < 1.29 is 9.84 Å². The minimum absolute atomic E-state index is 0.492. The average Bonchev–Trinajstić information content (AvgIpc) is 2.44. The molecule has 1 aromatic carbocycles. The summed E-state index contributed by atoms with van der Waals surface area (Å²) in [5.74, 6) is 3.75. The molecule has 4 bridgehead atoms. The number of hydrogen-bond donors (Lipinski definition) is 1. The van der Waals surface area contributed by atoms with Crippen LogP contribution in [-0.4, -0.2) is 17.8 Å². The van der Waals surface area contributed by atoms with Gasteiger partial charge in [0.25, 0.3) is 0 Å². The molecule has 0 amide bonds. The van der Waals surface area contributed by atoms with Crippen LogP contribution < -0.4 is 4.74 Å². The van der Waals surface area contributed by atoms with Gasteiger partial charge in [0.1, 0.15) is 5.75 Å². The number of rotatable bonds is 3. The van der Waals surface area contributed by atoms with Crippen LogP contribution in [0.1, 0.15) is 43.2 Å². The first-order chi connectivity index (χ1) is 10.1. The molecule has 0 heterocycles. The van der Waals surface area contributed by atoms with Gasteiger partial charge in [0.05, 0.1) is 12.7 Å². The average molecular weight is 286 g/mol. The zero-order valence-corrected chi connectivity index (χ0v) is 13.1. The molecular formula is C19H26O2. The maximum absolute atomic E-state index is 11.5. The fraction of sp³-hybridized carbons (Fsp3) is 0.684. The monoisotopic (exact) mass is 286 g/mol. The van der Waals surface area contributed by atoms with E-state index in [0.717, 1.165) is 24.0 Å². The Bertz CT molecular complexity index is 520. The normalized spacial score (nSPS) is 40.5. The maximum Gasteiger partial charge on any atom is 0.122 e. The molecule has 21 heavy (non-hydrogen) atoms. The minimum Gasteiger partial charge on any atom is -0.496 e. The van der Waals surface area contributed by atoms with Crippen LogP contribution in [0.15, 0.2) is 18.2 Å². The molecule has 0 aliphatic heterocycles. The van der Waals surface area contributed by atoms with E-state index in [9.17, 15) is 5.11 Å². The lowest BCUT2D eigenvalue weighted by molar-refractivity contribution is -0.171. The van der Waals surface area contributed by atoms with Crippen LogP contribution in [0.4, 0.5) is 0 Å². The number of benzene rings is 1. The molecule has 1 aromatic rings. The van der Waals surface area contributed by atoms with Crippen molar-refractivity contribution in [1.29, 1.82) is 0 Å². The molecule has 4 aliphatic carbocycles. The molecule has 4 saturated carbocycles. The number of methoxy groups -OCH3 is 1. The molecule has 2 heteroatoms. The zero-order valence-electron chi connectivity index (χ0n) is 13.1. The van der Waals surface area contributed by atoms with Crippen molar-refractivity contribution in [3.8, 4) is 5.75 Å². The summed E-state index contributed by atoms with van der Waals surface area (Å²) in [5, 5.41) is 11.5. The first-order valence-corrected chi connectivity index (χ1v) is 8.44. The molecule has 0 saturated heterocycles. The van der Waals surface area contributed by atoms with E-state index >= 15 is 0 Å². The summed E-state index contributed by atoms with van der Waals surface area (Å²) in [7, 11) is 1.73. The quantitative estimate of drug-likeness (QED) is 0.917. The van der Waals surface area contributed by atoms with Crippen molar-refractivity contribution >= 4 is 0 Å². The van der Waals surface area contributed by atoms with Crippen LogP contribution in [0.2, 0.25) is 0 Å². The molecule has 114 valence electrons. The van der Waals surface area contributed by atoms with Crippen molar-refractivity contribution in [2.24, 2.45) is 23.7 Å². The smallest absolute Gasteiger partial charge is 0.122 e. The van der Waals surface area contributed by atoms with Gasteiger partial charge in [0.2, 0.25) is 0 Å². The van der Waals surface area contributed by atoms with Crippen LogP contribution >= 0.6 is 0 Å².